The Labute approximate surface area is 177 Å². The highest BCUT2D eigenvalue weighted by Gasteiger charge is 2.32. The molecule has 1 aliphatic heterocycles. The second kappa shape index (κ2) is 9.11. The van der Waals surface area contributed by atoms with E-state index >= 15 is 0 Å². The van der Waals surface area contributed by atoms with E-state index in [1.54, 1.807) is 19.5 Å². The fourth-order valence-corrected chi connectivity index (χ4v) is 4.36. The zero-order chi connectivity index (χ0) is 20.9. The number of likely N-dealkylation sites (tertiary alicyclic amines) is 1. The number of aromatic amines is 1. The molecular formula is C24H28N4O2. The molecule has 0 aliphatic carbocycles. The summed E-state index contributed by atoms with van der Waals surface area (Å²) >= 11 is 0. The van der Waals surface area contributed by atoms with E-state index in [2.05, 4.69) is 27.3 Å². The summed E-state index contributed by atoms with van der Waals surface area (Å²) in [4.78, 5) is 19.1. The summed E-state index contributed by atoms with van der Waals surface area (Å²) in [6, 6.07) is 10.3. The largest absolute Gasteiger partial charge is 0.496 e. The summed E-state index contributed by atoms with van der Waals surface area (Å²) in [6.07, 6.45) is 9.68. The Morgan fingerprint density at radius 1 is 1.27 bits per heavy atom. The van der Waals surface area contributed by atoms with Gasteiger partial charge >= 0.3 is 0 Å². The number of ether oxygens (including phenoxy) is 1. The van der Waals surface area contributed by atoms with Crippen molar-refractivity contribution in [2.75, 3.05) is 13.7 Å². The quantitative estimate of drug-likeness (QED) is 0.630. The number of pyridine rings is 1. The number of benzene rings is 1. The molecule has 1 aliphatic rings. The molecule has 2 aromatic heterocycles. The average molecular weight is 405 g/mol. The minimum atomic E-state index is 0.0615. The number of H-pyrrole nitrogens is 1. The second-order valence-electron chi connectivity index (χ2n) is 7.84. The number of nitrogens with zero attached hydrogens (tertiary/aromatic N) is 3. The zero-order valence-electron chi connectivity index (χ0n) is 17.6. The fraction of sp³-hybridized carbons (Fsp3) is 0.375. The lowest BCUT2D eigenvalue weighted by Gasteiger charge is -2.25. The third-order valence-electron chi connectivity index (χ3n) is 5.88. The van der Waals surface area contributed by atoms with E-state index in [0.717, 1.165) is 60.4 Å². The van der Waals surface area contributed by atoms with Gasteiger partial charge in [-0.1, -0.05) is 12.1 Å². The lowest BCUT2D eigenvalue weighted by molar-refractivity contribution is -0.132. The van der Waals surface area contributed by atoms with Crippen LogP contribution < -0.4 is 4.74 Å². The number of aryl methyl sites for hydroxylation is 2. The van der Waals surface area contributed by atoms with Crippen LogP contribution in [0.1, 0.15) is 48.5 Å². The van der Waals surface area contributed by atoms with Gasteiger partial charge in [0, 0.05) is 30.9 Å². The molecule has 156 valence electrons. The predicted molar refractivity (Wildman–Crippen MR) is 116 cm³/mol. The third-order valence-corrected chi connectivity index (χ3v) is 5.88. The number of hydrogen-bond donors (Lipinski definition) is 1. The molecule has 1 atom stereocenters. The predicted octanol–water partition coefficient (Wildman–Crippen LogP) is 4.48. The molecular weight excluding hydrogens is 376 g/mol. The van der Waals surface area contributed by atoms with E-state index in [9.17, 15) is 4.79 Å². The number of methoxy groups -OCH3 is 1. The lowest BCUT2D eigenvalue weighted by Crippen LogP contribution is -2.30. The van der Waals surface area contributed by atoms with Gasteiger partial charge in [-0.05, 0) is 67.5 Å². The van der Waals surface area contributed by atoms with Crippen LogP contribution in [0.2, 0.25) is 0 Å². The highest BCUT2D eigenvalue weighted by atomic mass is 16.5. The monoisotopic (exact) mass is 404 g/mol. The summed E-state index contributed by atoms with van der Waals surface area (Å²) in [5, 5.41) is 7.42. The number of rotatable bonds is 7. The Morgan fingerprint density at radius 2 is 2.10 bits per heavy atom. The molecule has 0 saturated carbocycles. The van der Waals surface area contributed by atoms with Gasteiger partial charge in [-0.15, -0.1) is 0 Å². The fourth-order valence-electron chi connectivity index (χ4n) is 4.36. The van der Waals surface area contributed by atoms with Gasteiger partial charge in [-0.3, -0.25) is 14.9 Å². The first-order valence-electron chi connectivity index (χ1n) is 10.5. The first-order valence-corrected chi connectivity index (χ1v) is 10.5. The molecule has 1 N–H and O–H groups in total. The number of amides is 1. The second-order valence-corrected chi connectivity index (χ2v) is 7.84. The molecule has 6 heteroatoms. The van der Waals surface area contributed by atoms with Gasteiger partial charge in [0.2, 0.25) is 5.91 Å². The number of nitrogens with one attached hydrogen (secondary N) is 1. The Hall–Kier alpha value is -3.15. The third kappa shape index (κ3) is 4.22. The van der Waals surface area contributed by atoms with Crippen LogP contribution in [-0.4, -0.2) is 39.6 Å². The van der Waals surface area contributed by atoms with Crippen molar-refractivity contribution in [3.05, 3.63) is 65.7 Å². The van der Waals surface area contributed by atoms with Gasteiger partial charge in [0.15, 0.2) is 0 Å². The average Bonchev–Trinajstić information content (AvgIpc) is 3.44. The van der Waals surface area contributed by atoms with E-state index in [1.165, 1.54) is 5.56 Å². The van der Waals surface area contributed by atoms with Crippen molar-refractivity contribution in [1.82, 2.24) is 20.1 Å². The summed E-state index contributed by atoms with van der Waals surface area (Å²) in [5.41, 5.74) is 5.52. The van der Waals surface area contributed by atoms with Crippen LogP contribution in [0.25, 0.3) is 11.1 Å². The van der Waals surface area contributed by atoms with Crippen molar-refractivity contribution >= 4 is 5.91 Å². The van der Waals surface area contributed by atoms with Crippen molar-refractivity contribution in [2.24, 2.45) is 0 Å². The van der Waals surface area contributed by atoms with Crippen molar-refractivity contribution < 1.29 is 9.53 Å². The van der Waals surface area contributed by atoms with Gasteiger partial charge in [0.05, 0.1) is 25.0 Å². The van der Waals surface area contributed by atoms with Crippen LogP contribution in [0, 0.1) is 6.92 Å². The lowest BCUT2D eigenvalue weighted by atomic mass is 10.0. The van der Waals surface area contributed by atoms with Gasteiger partial charge in [-0.2, -0.15) is 5.10 Å². The van der Waals surface area contributed by atoms with Crippen LogP contribution in [0.4, 0.5) is 0 Å². The topological polar surface area (TPSA) is 71.1 Å². The maximum absolute atomic E-state index is 13.0. The van der Waals surface area contributed by atoms with Crippen LogP contribution >= 0.6 is 0 Å². The number of carbonyl (C=O) groups is 1. The van der Waals surface area contributed by atoms with Crippen molar-refractivity contribution in [1.29, 1.82) is 0 Å². The number of carbonyl (C=O) groups excluding carboxylic acids is 1. The van der Waals surface area contributed by atoms with Gasteiger partial charge in [0.1, 0.15) is 5.75 Å². The van der Waals surface area contributed by atoms with Gasteiger partial charge in [0.25, 0.3) is 0 Å². The Kier molecular flexibility index (Phi) is 6.12. The molecule has 1 fully saturated rings. The summed E-state index contributed by atoms with van der Waals surface area (Å²) < 4.78 is 5.33. The van der Waals surface area contributed by atoms with Crippen molar-refractivity contribution in [3.63, 3.8) is 0 Å². The van der Waals surface area contributed by atoms with Crippen molar-refractivity contribution in [2.45, 2.75) is 45.1 Å². The molecule has 1 amide bonds. The molecule has 0 radical (unpaired) electrons. The van der Waals surface area contributed by atoms with Gasteiger partial charge < -0.3 is 9.64 Å². The zero-order valence-corrected chi connectivity index (χ0v) is 17.6. The summed E-state index contributed by atoms with van der Waals surface area (Å²) in [5.74, 6) is 1.12. The minimum absolute atomic E-state index is 0.0615. The summed E-state index contributed by atoms with van der Waals surface area (Å²) in [7, 11) is 1.69. The van der Waals surface area contributed by atoms with E-state index in [4.69, 9.17) is 4.74 Å². The smallest absolute Gasteiger partial charge is 0.223 e. The standard InChI is InChI=1S/C24H28N4O2/c1-17-15-18(8-9-22(17)30-2)5-3-7-23(29)28-14-4-6-21(28)24-20(16-26-27-24)19-10-12-25-13-11-19/h8-13,15-16,21H,3-7,14H2,1-2H3,(H,26,27)/t21-/m1/s1. The molecule has 0 spiro atoms. The molecule has 30 heavy (non-hydrogen) atoms. The first-order chi connectivity index (χ1) is 14.7. The number of aromatic nitrogens is 3. The van der Waals surface area contributed by atoms with Crippen LogP contribution in [0.5, 0.6) is 5.75 Å². The molecule has 0 unspecified atom stereocenters. The minimum Gasteiger partial charge on any atom is -0.496 e. The molecule has 1 aromatic carbocycles. The van der Waals surface area contributed by atoms with E-state index < -0.39 is 0 Å². The first kappa shape index (κ1) is 20.1. The highest BCUT2D eigenvalue weighted by Crippen LogP contribution is 2.36. The molecule has 4 rings (SSSR count). The SMILES string of the molecule is COc1ccc(CCCC(=O)N2CCC[C@@H]2c2[nH]ncc2-c2ccncc2)cc1C. The number of hydrogen-bond acceptors (Lipinski definition) is 4. The molecule has 3 aromatic rings. The van der Waals surface area contributed by atoms with E-state index in [-0.39, 0.29) is 11.9 Å². The molecule has 1 saturated heterocycles. The summed E-state index contributed by atoms with van der Waals surface area (Å²) in [6.45, 7) is 2.85. The maximum Gasteiger partial charge on any atom is 0.223 e. The molecule has 6 nitrogen and oxygen atoms in total. The normalized spacial score (nSPS) is 16.1. The molecule has 3 heterocycles. The highest BCUT2D eigenvalue weighted by molar-refractivity contribution is 5.77. The van der Waals surface area contributed by atoms with Crippen molar-refractivity contribution in [3.8, 4) is 16.9 Å². The Bertz CT molecular complexity index is 999. The van der Waals surface area contributed by atoms with Crippen LogP contribution in [0.3, 0.4) is 0 Å². The maximum atomic E-state index is 13.0. The van der Waals surface area contributed by atoms with E-state index in [1.807, 2.05) is 36.2 Å². The van der Waals surface area contributed by atoms with Crippen LogP contribution in [0.15, 0.2) is 48.9 Å². The van der Waals surface area contributed by atoms with Crippen LogP contribution in [-0.2, 0) is 11.2 Å². The van der Waals surface area contributed by atoms with E-state index in [0.29, 0.717) is 6.42 Å². The Morgan fingerprint density at radius 3 is 2.87 bits per heavy atom. The molecule has 0 bridgehead atoms. The van der Waals surface area contributed by atoms with Gasteiger partial charge in [-0.25, -0.2) is 0 Å². The Balaban J connectivity index is 1.40.